The Bertz CT molecular complexity index is 1550. The van der Waals surface area contributed by atoms with Gasteiger partial charge in [0, 0.05) is 33.6 Å². The second-order valence-electron chi connectivity index (χ2n) is 7.65. The summed E-state index contributed by atoms with van der Waals surface area (Å²) < 4.78 is 14.4. The number of benzene rings is 3. The molecule has 7 nitrogen and oxygen atoms in total. The maximum absolute atomic E-state index is 13.7. The van der Waals surface area contributed by atoms with Crippen molar-refractivity contribution < 1.29 is 4.39 Å². The van der Waals surface area contributed by atoms with Gasteiger partial charge >= 0.3 is 0 Å². The Morgan fingerprint density at radius 3 is 2.63 bits per heavy atom. The molecule has 0 radical (unpaired) electrons. The molecule has 0 bridgehead atoms. The number of pyridine rings is 1. The molecule has 3 aromatic carbocycles. The summed E-state index contributed by atoms with van der Waals surface area (Å²) >= 11 is 9.58. The molecule has 35 heavy (non-hydrogen) atoms. The number of halogens is 3. The predicted octanol–water partition coefficient (Wildman–Crippen LogP) is 6.72. The van der Waals surface area contributed by atoms with Crippen molar-refractivity contribution >= 4 is 55.5 Å². The minimum atomic E-state index is -0.522. The molecule has 0 saturated carbocycles. The van der Waals surface area contributed by atoms with Crippen LogP contribution in [0.3, 0.4) is 0 Å². The highest BCUT2D eigenvalue weighted by Gasteiger charge is 2.19. The zero-order valence-corrected chi connectivity index (χ0v) is 20.3. The van der Waals surface area contributed by atoms with E-state index in [2.05, 4.69) is 53.0 Å². The lowest BCUT2D eigenvalue weighted by molar-refractivity contribution is 0.628. The summed E-state index contributed by atoms with van der Waals surface area (Å²) in [5, 5.41) is 28.0. The Kier molecular flexibility index (Phi) is 6.31. The quantitative estimate of drug-likeness (QED) is 0.218. The number of aromatic nitrogens is 4. The van der Waals surface area contributed by atoms with Gasteiger partial charge in [-0.1, -0.05) is 47.1 Å². The van der Waals surface area contributed by atoms with Crippen LogP contribution in [0.2, 0.25) is 5.02 Å². The van der Waals surface area contributed by atoms with Crippen molar-refractivity contribution in [2.75, 3.05) is 10.6 Å². The minimum absolute atomic E-state index is 0.0197. The first-order valence-electron chi connectivity index (χ1n) is 10.5. The van der Waals surface area contributed by atoms with Gasteiger partial charge in [0.05, 0.1) is 27.8 Å². The van der Waals surface area contributed by atoms with Crippen molar-refractivity contribution in [3.8, 4) is 6.07 Å². The molecule has 2 heterocycles. The van der Waals surface area contributed by atoms with Crippen LogP contribution in [-0.2, 0) is 0 Å². The number of H-pyrrole nitrogens is 1. The van der Waals surface area contributed by atoms with E-state index in [1.54, 1.807) is 12.3 Å². The maximum atomic E-state index is 13.7. The van der Waals surface area contributed by atoms with Gasteiger partial charge in [-0.15, -0.1) is 5.10 Å². The standard InChI is InChI=1S/C25H16BrClFN7/c26-19-9-17(33-24(22-13-31-35-34-22)14-4-2-1-3-5-14)8-18-23(15(11-29)12-30-25(18)19)32-16-6-7-21(28)20(27)10-16/h1-10,12-13,24,33H,(H,30,32)(H,31,34,35). The van der Waals surface area contributed by atoms with Crippen LogP contribution in [0, 0.1) is 17.1 Å². The highest BCUT2D eigenvalue weighted by molar-refractivity contribution is 9.10. The summed E-state index contributed by atoms with van der Waals surface area (Å²) in [5.74, 6) is -0.522. The lowest BCUT2D eigenvalue weighted by Crippen LogP contribution is -2.13. The van der Waals surface area contributed by atoms with Gasteiger partial charge in [-0.2, -0.15) is 5.26 Å². The Hall–Kier alpha value is -4.00. The number of hydrogen-bond acceptors (Lipinski definition) is 6. The van der Waals surface area contributed by atoms with E-state index in [1.807, 2.05) is 42.5 Å². The second-order valence-corrected chi connectivity index (χ2v) is 8.91. The smallest absolute Gasteiger partial charge is 0.141 e. The van der Waals surface area contributed by atoms with Crippen molar-refractivity contribution in [1.82, 2.24) is 20.4 Å². The van der Waals surface area contributed by atoms with Crippen molar-refractivity contribution in [2.45, 2.75) is 6.04 Å². The molecule has 0 spiro atoms. The molecule has 0 aliphatic heterocycles. The van der Waals surface area contributed by atoms with E-state index in [4.69, 9.17) is 11.6 Å². The number of nitrogens with zero attached hydrogens (tertiary/aromatic N) is 4. The van der Waals surface area contributed by atoms with Gasteiger partial charge in [-0.3, -0.25) is 10.1 Å². The molecular weight excluding hydrogens is 533 g/mol. The van der Waals surface area contributed by atoms with E-state index in [0.717, 1.165) is 21.4 Å². The van der Waals surface area contributed by atoms with Crippen molar-refractivity contribution in [3.63, 3.8) is 0 Å². The maximum Gasteiger partial charge on any atom is 0.141 e. The summed E-state index contributed by atoms with van der Waals surface area (Å²) in [4.78, 5) is 4.46. The molecule has 0 aliphatic carbocycles. The SMILES string of the molecule is N#Cc1cnc2c(Br)cc(NC(c3ccccc3)c3c[nH]nn3)cc2c1Nc1ccc(F)c(Cl)c1. The third-order valence-electron chi connectivity index (χ3n) is 5.41. The predicted molar refractivity (Wildman–Crippen MR) is 137 cm³/mol. The fourth-order valence-corrected chi connectivity index (χ4v) is 4.52. The van der Waals surface area contributed by atoms with Crippen LogP contribution in [0.15, 0.2) is 77.5 Å². The zero-order valence-electron chi connectivity index (χ0n) is 17.9. The third-order valence-corrected chi connectivity index (χ3v) is 6.30. The number of nitrogens with one attached hydrogen (secondary N) is 3. The molecule has 10 heteroatoms. The molecule has 0 saturated heterocycles. The van der Waals surface area contributed by atoms with Crippen LogP contribution in [0.1, 0.15) is 22.9 Å². The summed E-state index contributed by atoms with van der Waals surface area (Å²) in [6.45, 7) is 0. The molecule has 5 rings (SSSR count). The number of fused-ring (bicyclic) bond motifs is 1. The third kappa shape index (κ3) is 4.67. The van der Waals surface area contributed by atoms with Crippen molar-refractivity contribution in [3.05, 3.63) is 105 Å². The van der Waals surface area contributed by atoms with E-state index in [9.17, 15) is 9.65 Å². The molecule has 1 unspecified atom stereocenters. The largest absolute Gasteiger partial charge is 0.373 e. The van der Waals surface area contributed by atoms with E-state index in [-0.39, 0.29) is 11.1 Å². The highest BCUT2D eigenvalue weighted by Crippen LogP contribution is 2.37. The number of hydrogen-bond donors (Lipinski definition) is 3. The van der Waals surface area contributed by atoms with Gasteiger partial charge in [-0.05, 0) is 51.8 Å². The number of anilines is 3. The fraction of sp³-hybridized carbons (Fsp3) is 0.0400. The average molecular weight is 549 g/mol. The zero-order chi connectivity index (χ0) is 24.4. The van der Waals surface area contributed by atoms with E-state index in [1.165, 1.54) is 18.3 Å². The first-order chi connectivity index (χ1) is 17.0. The normalized spacial score (nSPS) is 11.7. The molecule has 1 atom stereocenters. The Morgan fingerprint density at radius 2 is 1.91 bits per heavy atom. The minimum Gasteiger partial charge on any atom is -0.373 e. The van der Waals surface area contributed by atoms with E-state index in [0.29, 0.717) is 27.8 Å². The second kappa shape index (κ2) is 9.70. The van der Waals surface area contributed by atoms with Crippen LogP contribution in [0.5, 0.6) is 0 Å². The van der Waals surface area contributed by atoms with Crippen LogP contribution < -0.4 is 10.6 Å². The average Bonchev–Trinajstić information content (AvgIpc) is 3.40. The summed E-state index contributed by atoms with van der Waals surface area (Å²) in [6, 6.07) is 19.9. The van der Waals surface area contributed by atoms with Gasteiger partial charge in [0.2, 0.25) is 0 Å². The number of nitriles is 1. The van der Waals surface area contributed by atoms with Crippen LogP contribution >= 0.6 is 27.5 Å². The van der Waals surface area contributed by atoms with E-state index >= 15 is 0 Å². The monoisotopic (exact) mass is 547 g/mol. The number of rotatable bonds is 6. The molecule has 5 aromatic rings. The van der Waals surface area contributed by atoms with Gasteiger partial charge in [0.1, 0.15) is 17.6 Å². The summed E-state index contributed by atoms with van der Waals surface area (Å²) in [7, 11) is 0. The molecule has 2 aromatic heterocycles. The summed E-state index contributed by atoms with van der Waals surface area (Å²) in [5.41, 5.74) is 4.54. The van der Waals surface area contributed by atoms with Gasteiger partial charge in [0.15, 0.2) is 0 Å². The first-order valence-corrected chi connectivity index (χ1v) is 11.6. The number of aromatic amines is 1. The Balaban J connectivity index is 1.61. The van der Waals surface area contributed by atoms with E-state index < -0.39 is 5.82 Å². The lowest BCUT2D eigenvalue weighted by atomic mass is 10.0. The van der Waals surface area contributed by atoms with Crippen LogP contribution in [0.25, 0.3) is 10.9 Å². The molecule has 3 N–H and O–H groups in total. The molecular formula is C25H16BrClFN7. The Labute approximate surface area is 213 Å². The topological polar surface area (TPSA) is 102 Å². The van der Waals surface area contributed by atoms with Gasteiger partial charge < -0.3 is 10.6 Å². The molecule has 0 fully saturated rings. The molecule has 0 amide bonds. The Morgan fingerprint density at radius 1 is 1.09 bits per heavy atom. The lowest BCUT2D eigenvalue weighted by Gasteiger charge is -2.20. The first kappa shape index (κ1) is 22.8. The van der Waals surface area contributed by atoms with Crippen LogP contribution in [-0.4, -0.2) is 20.4 Å². The fourth-order valence-electron chi connectivity index (χ4n) is 3.77. The van der Waals surface area contributed by atoms with Gasteiger partial charge in [-0.25, -0.2) is 4.39 Å². The van der Waals surface area contributed by atoms with Gasteiger partial charge in [0.25, 0.3) is 0 Å². The molecule has 172 valence electrons. The highest BCUT2D eigenvalue weighted by atomic mass is 79.9. The molecule has 0 aliphatic rings. The van der Waals surface area contributed by atoms with Crippen molar-refractivity contribution in [1.29, 1.82) is 5.26 Å². The van der Waals surface area contributed by atoms with Crippen LogP contribution in [0.4, 0.5) is 21.5 Å². The van der Waals surface area contributed by atoms with Crippen molar-refractivity contribution in [2.24, 2.45) is 0 Å². The summed E-state index contributed by atoms with van der Waals surface area (Å²) in [6.07, 6.45) is 3.23.